The number of halogens is 1. The van der Waals surface area contributed by atoms with Crippen LogP contribution in [0, 0.1) is 5.82 Å². The molecule has 1 aromatic carbocycles. The molecule has 6 heteroatoms. The monoisotopic (exact) mass is 294 g/mol. The Labute approximate surface area is 123 Å². The Kier molecular flexibility index (Phi) is 5.27. The predicted molar refractivity (Wildman–Crippen MR) is 75.6 cm³/mol. The van der Waals surface area contributed by atoms with Crippen molar-refractivity contribution in [2.75, 3.05) is 32.7 Å². The summed E-state index contributed by atoms with van der Waals surface area (Å²) >= 11 is 0. The second kappa shape index (κ2) is 7.17. The van der Waals surface area contributed by atoms with Gasteiger partial charge in [0.15, 0.2) is 0 Å². The molecule has 1 fully saturated rings. The van der Waals surface area contributed by atoms with Gasteiger partial charge in [-0.15, -0.1) is 0 Å². The van der Waals surface area contributed by atoms with Gasteiger partial charge in [0, 0.05) is 38.2 Å². The number of carbonyl (C=O) groups is 2. The summed E-state index contributed by atoms with van der Waals surface area (Å²) in [5.41, 5.74) is 0.496. The maximum absolute atomic E-state index is 12.8. The first-order valence-electron chi connectivity index (χ1n) is 7.05. The average Bonchev–Trinajstić information content (AvgIpc) is 2.48. The van der Waals surface area contributed by atoms with Gasteiger partial charge < -0.3 is 10.0 Å². The van der Waals surface area contributed by atoms with Crippen LogP contribution in [0.15, 0.2) is 24.3 Å². The minimum atomic E-state index is -0.778. The van der Waals surface area contributed by atoms with Crippen LogP contribution >= 0.6 is 0 Å². The summed E-state index contributed by atoms with van der Waals surface area (Å²) in [6.07, 6.45) is 0.802. The Hall–Kier alpha value is -1.95. The van der Waals surface area contributed by atoms with Gasteiger partial charge in [0.05, 0.1) is 0 Å². The third-order valence-corrected chi connectivity index (χ3v) is 3.62. The molecule has 0 aromatic heterocycles. The van der Waals surface area contributed by atoms with E-state index in [0.717, 1.165) is 19.6 Å². The maximum atomic E-state index is 12.8. The van der Waals surface area contributed by atoms with Crippen molar-refractivity contribution in [3.05, 3.63) is 35.6 Å². The van der Waals surface area contributed by atoms with Crippen LogP contribution in [-0.4, -0.2) is 59.5 Å². The molecule has 5 nitrogen and oxygen atoms in total. The van der Waals surface area contributed by atoms with Crippen LogP contribution in [0.2, 0.25) is 0 Å². The van der Waals surface area contributed by atoms with Crippen LogP contribution in [-0.2, 0) is 4.79 Å². The number of piperazine rings is 1. The minimum absolute atomic E-state index is 0.0832. The second-order valence-electron chi connectivity index (χ2n) is 5.14. The van der Waals surface area contributed by atoms with Gasteiger partial charge >= 0.3 is 5.97 Å². The molecule has 0 atom stereocenters. The summed E-state index contributed by atoms with van der Waals surface area (Å²) in [7, 11) is 0. The van der Waals surface area contributed by atoms with Gasteiger partial charge in [-0.25, -0.2) is 4.39 Å². The second-order valence-corrected chi connectivity index (χ2v) is 5.14. The summed E-state index contributed by atoms with van der Waals surface area (Å²) in [5, 5.41) is 8.61. The molecule has 1 amide bonds. The van der Waals surface area contributed by atoms with E-state index in [-0.39, 0.29) is 18.1 Å². The van der Waals surface area contributed by atoms with Gasteiger partial charge in [-0.2, -0.15) is 0 Å². The molecule has 0 saturated carbocycles. The number of rotatable bonds is 5. The zero-order valence-electron chi connectivity index (χ0n) is 11.8. The molecule has 0 bridgehead atoms. The summed E-state index contributed by atoms with van der Waals surface area (Å²) in [4.78, 5) is 26.6. The van der Waals surface area contributed by atoms with E-state index in [9.17, 15) is 14.0 Å². The molecule has 1 aromatic rings. The number of benzene rings is 1. The Balaban J connectivity index is 1.79. The quantitative estimate of drug-likeness (QED) is 0.893. The Bertz CT molecular complexity index is 496. The fourth-order valence-corrected chi connectivity index (χ4v) is 2.40. The van der Waals surface area contributed by atoms with Crippen LogP contribution in [0.4, 0.5) is 4.39 Å². The van der Waals surface area contributed by atoms with Gasteiger partial charge in [-0.3, -0.25) is 14.5 Å². The van der Waals surface area contributed by atoms with Crippen molar-refractivity contribution in [3.63, 3.8) is 0 Å². The maximum Gasteiger partial charge on any atom is 0.303 e. The SMILES string of the molecule is O=C(O)CCCN1CCN(C(=O)c2ccc(F)cc2)CC1. The molecular weight excluding hydrogens is 275 g/mol. The van der Waals surface area contributed by atoms with Crippen LogP contribution in [0.3, 0.4) is 0 Å². The van der Waals surface area contributed by atoms with E-state index < -0.39 is 5.97 Å². The van der Waals surface area contributed by atoms with Crippen molar-refractivity contribution in [3.8, 4) is 0 Å². The van der Waals surface area contributed by atoms with Gasteiger partial charge in [-0.1, -0.05) is 0 Å². The molecule has 1 N–H and O–H groups in total. The average molecular weight is 294 g/mol. The third-order valence-electron chi connectivity index (χ3n) is 3.62. The van der Waals surface area contributed by atoms with E-state index in [0.29, 0.717) is 25.1 Å². The number of hydrogen-bond donors (Lipinski definition) is 1. The molecule has 114 valence electrons. The lowest BCUT2D eigenvalue weighted by Gasteiger charge is -2.34. The van der Waals surface area contributed by atoms with Gasteiger partial charge in [-0.05, 0) is 37.2 Å². The Morgan fingerprint density at radius 3 is 2.29 bits per heavy atom. The van der Waals surface area contributed by atoms with Crippen LogP contribution in [0.5, 0.6) is 0 Å². The highest BCUT2D eigenvalue weighted by Gasteiger charge is 2.21. The molecule has 0 radical (unpaired) electrons. The van der Waals surface area contributed by atoms with Crippen molar-refractivity contribution < 1.29 is 19.1 Å². The first kappa shape index (κ1) is 15.4. The largest absolute Gasteiger partial charge is 0.481 e. The molecule has 1 aliphatic heterocycles. The number of carbonyl (C=O) groups excluding carboxylic acids is 1. The van der Waals surface area contributed by atoms with Gasteiger partial charge in [0.1, 0.15) is 5.82 Å². The number of hydrogen-bond acceptors (Lipinski definition) is 3. The molecule has 1 saturated heterocycles. The van der Waals surface area contributed by atoms with Gasteiger partial charge in [0.2, 0.25) is 0 Å². The lowest BCUT2D eigenvalue weighted by atomic mass is 10.1. The summed E-state index contributed by atoms with van der Waals surface area (Å²) in [6, 6.07) is 5.57. The highest BCUT2D eigenvalue weighted by Crippen LogP contribution is 2.10. The number of amides is 1. The minimum Gasteiger partial charge on any atom is -0.481 e. The van der Waals surface area contributed by atoms with E-state index >= 15 is 0 Å². The van der Waals surface area contributed by atoms with Crippen molar-refractivity contribution in [1.82, 2.24) is 9.80 Å². The number of aliphatic carboxylic acids is 1. The number of carboxylic acid groups (broad SMARTS) is 1. The Morgan fingerprint density at radius 2 is 1.71 bits per heavy atom. The van der Waals surface area contributed by atoms with Crippen molar-refractivity contribution >= 4 is 11.9 Å². The lowest BCUT2D eigenvalue weighted by molar-refractivity contribution is -0.137. The summed E-state index contributed by atoms with van der Waals surface area (Å²) in [6.45, 7) is 3.45. The van der Waals surface area contributed by atoms with E-state index in [4.69, 9.17) is 5.11 Å². The lowest BCUT2D eigenvalue weighted by Crippen LogP contribution is -2.48. The standard InChI is InChI=1S/C15H19FN2O3/c16-13-5-3-12(4-6-13)15(21)18-10-8-17(9-11-18)7-1-2-14(19)20/h3-6H,1-2,7-11H2,(H,19,20). The fourth-order valence-electron chi connectivity index (χ4n) is 2.40. The van der Waals surface area contributed by atoms with E-state index in [1.165, 1.54) is 24.3 Å². The molecule has 1 aliphatic rings. The molecule has 0 unspecified atom stereocenters. The molecule has 0 aliphatic carbocycles. The molecular formula is C15H19FN2O3. The van der Waals surface area contributed by atoms with Crippen molar-refractivity contribution in [2.24, 2.45) is 0 Å². The van der Waals surface area contributed by atoms with Crippen LogP contribution < -0.4 is 0 Å². The van der Waals surface area contributed by atoms with E-state index in [1.54, 1.807) is 4.90 Å². The zero-order chi connectivity index (χ0) is 15.2. The normalized spacial score (nSPS) is 16.0. The highest BCUT2D eigenvalue weighted by atomic mass is 19.1. The first-order chi connectivity index (χ1) is 10.1. The number of nitrogens with zero attached hydrogens (tertiary/aromatic N) is 2. The molecule has 0 spiro atoms. The molecule has 1 heterocycles. The summed E-state index contributed by atoms with van der Waals surface area (Å²) in [5.74, 6) is -1.21. The molecule has 2 rings (SSSR count). The zero-order valence-corrected chi connectivity index (χ0v) is 11.8. The third kappa shape index (κ3) is 4.53. The van der Waals surface area contributed by atoms with Crippen LogP contribution in [0.25, 0.3) is 0 Å². The van der Waals surface area contributed by atoms with Gasteiger partial charge in [0.25, 0.3) is 5.91 Å². The van der Waals surface area contributed by atoms with E-state index in [1.807, 2.05) is 0 Å². The number of carboxylic acids is 1. The van der Waals surface area contributed by atoms with Crippen LogP contribution in [0.1, 0.15) is 23.2 Å². The van der Waals surface area contributed by atoms with Crippen molar-refractivity contribution in [2.45, 2.75) is 12.8 Å². The smallest absolute Gasteiger partial charge is 0.303 e. The molecule has 21 heavy (non-hydrogen) atoms. The topological polar surface area (TPSA) is 60.9 Å². The fraction of sp³-hybridized carbons (Fsp3) is 0.467. The highest BCUT2D eigenvalue weighted by molar-refractivity contribution is 5.94. The predicted octanol–water partition coefficient (Wildman–Crippen LogP) is 1.45. The Morgan fingerprint density at radius 1 is 1.10 bits per heavy atom. The first-order valence-corrected chi connectivity index (χ1v) is 7.05. The summed E-state index contributed by atoms with van der Waals surface area (Å²) < 4.78 is 12.8. The van der Waals surface area contributed by atoms with Crippen molar-refractivity contribution in [1.29, 1.82) is 0 Å². The van der Waals surface area contributed by atoms with E-state index in [2.05, 4.69) is 4.90 Å².